The summed E-state index contributed by atoms with van der Waals surface area (Å²) in [6.45, 7) is 8.12. The van der Waals surface area contributed by atoms with Crippen molar-refractivity contribution in [1.29, 1.82) is 0 Å². The molecule has 3 heterocycles. The maximum Gasteiger partial charge on any atom is 0.224 e. The van der Waals surface area contributed by atoms with Gasteiger partial charge < -0.3 is 10.2 Å². The van der Waals surface area contributed by atoms with E-state index in [2.05, 4.69) is 62.3 Å². The average molecular weight is 358 g/mol. The predicted octanol–water partition coefficient (Wildman–Crippen LogP) is 2.66. The molecule has 6 heteroatoms. The van der Waals surface area contributed by atoms with Crippen LogP contribution in [0, 0.1) is 0 Å². The Morgan fingerprint density at radius 1 is 1.12 bits per heavy atom. The second-order valence-corrected chi connectivity index (χ2v) is 7.14. The zero-order valence-electron chi connectivity index (χ0n) is 14.6. The molecule has 1 N–H and O–H groups in total. The summed E-state index contributed by atoms with van der Waals surface area (Å²) in [5, 5.41) is 3.76. The van der Waals surface area contributed by atoms with Gasteiger partial charge in [0.05, 0.1) is 11.7 Å². The van der Waals surface area contributed by atoms with Crippen molar-refractivity contribution in [3.8, 4) is 0 Å². The van der Waals surface area contributed by atoms with Crippen LogP contribution in [0.1, 0.15) is 29.8 Å². The van der Waals surface area contributed by atoms with Crippen molar-refractivity contribution >= 4 is 17.4 Å². The highest BCUT2D eigenvalue weighted by Crippen LogP contribution is 2.34. The van der Waals surface area contributed by atoms with Crippen LogP contribution in [-0.4, -0.2) is 47.6 Å². The molecular weight excluding hydrogens is 334 g/mol. The molecule has 5 nitrogen and oxygen atoms in total. The Morgan fingerprint density at radius 3 is 2.64 bits per heavy atom. The Hall–Kier alpha value is -1.69. The molecule has 1 atom stereocenters. The van der Waals surface area contributed by atoms with Crippen LogP contribution in [0.15, 0.2) is 30.3 Å². The topological polar surface area (TPSA) is 44.3 Å². The van der Waals surface area contributed by atoms with Gasteiger partial charge in [0.25, 0.3) is 0 Å². The van der Waals surface area contributed by atoms with Crippen molar-refractivity contribution in [2.75, 3.05) is 37.6 Å². The fourth-order valence-electron chi connectivity index (χ4n) is 3.84. The lowest BCUT2D eigenvalue weighted by Gasteiger charge is -2.37. The lowest BCUT2D eigenvalue weighted by Crippen LogP contribution is -2.45. The van der Waals surface area contributed by atoms with Gasteiger partial charge in [0.15, 0.2) is 0 Å². The van der Waals surface area contributed by atoms with Crippen LogP contribution in [0.25, 0.3) is 0 Å². The lowest BCUT2D eigenvalue weighted by molar-refractivity contribution is 0.185. The van der Waals surface area contributed by atoms with E-state index in [1.807, 2.05) is 0 Å². The van der Waals surface area contributed by atoms with Crippen molar-refractivity contribution in [3.63, 3.8) is 0 Å². The van der Waals surface area contributed by atoms with Crippen molar-refractivity contribution in [2.45, 2.75) is 25.9 Å². The summed E-state index contributed by atoms with van der Waals surface area (Å²) in [5.41, 5.74) is 3.71. The van der Waals surface area contributed by atoms with E-state index in [0.29, 0.717) is 5.28 Å². The molecule has 1 saturated heterocycles. The van der Waals surface area contributed by atoms with Gasteiger partial charge >= 0.3 is 0 Å². The van der Waals surface area contributed by atoms with E-state index in [1.165, 1.54) is 11.1 Å². The number of benzene rings is 1. The number of hydrogen-bond acceptors (Lipinski definition) is 5. The summed E-state index contributed by atoms with van der Waals surface area (Å²) in [6.07, 6.45) is 0.975. The molecule has 0 amide bonds. The van der Waals surface area contributed by atoms with Gasteiger partial charge in [-0.2, -0.15) is 0 Å². The zero-order valence-corrected chi connectivity index (χ0v) is 15.3. The minimum absolute atomic E-state index is 0.242. The fraction of sp³-hybridized carbons (Fsp3) is 0.474. The van der Waals surface area contributed by atoms with Gasteiger partial charge in [-0.05, 0) is 30.5 Å². The SMILES string of the molecule is CC1c2nc(Cl)nc(N3CCNCC3)c2CCN1Cc1ccccc1. The van der Waals surface area contributed by atoms with Crippen LogP contribution >= 0.6 is 11.6 Å². The van der Waals surface area contributed by atoms with E-state index in [0.717, 1.165) is 57.2 Å². The number of nitrogens with zero attached hydrogens (tertiary/aromatic N) is 4. The molecule has 0 bridgehead atoms. The molecule has 0 radical (unpaired) electrons. The first kappa shape index (κ1) is 16.8. The fourth-order valence-corrected chi connectivity index (χ4v) is 4.01. The summed E-state index contributed by atoms with van der Waals surface area (Å²) in [6, 6.07) is 10.9. The number of piperazine rings is 1. The summed E-state index contributed by atoms with van der Waals surface area (Å²) in [7, 11) is 0. The van der Waals surface area contributed by atoms with Gasteiger partial charge in [-0.1, -0.05) is 30.3 Å². The smallest absolute Gasteiger partial charge is 0.224 e. The number of fused-ring (bicyclic) bond motifs is 1. The summed E-state index contributed by atoms with van der Waals surface area (Å²) in [5.74, 6) is 1.04. The quantitative estimate of drug-likeness (QED) is 0.855. The molecule has 1 aromatic heterocycles. The Morgan fingerprint density at radius 2 is 1.88 bits per heavy atom. The molecule has 0 aliphatic carbocycles. The molecule has 132 valence electrons. The first-order chi connectivity index (χ1) is 12.2. The number of aromatic nitrogens is 2. The van der Waals surface area contributed by atoms with E-state index in [4.69, 9.17) is 11.6 Å². The second kappa shape index (κ2) is 7.28. The Labute approximate surface area is 154 Å². The maximum absolute atomic E-state index is 6.29. The molecule has 2 aromatic rings. The molecule has 0 saturated carbocycles. The summed E-state index contributed by atoms with van der Waals surface area (Å²) < 4.78 is 0. The molecule has 2 aliphatic heterocycles. The van der Waals surface area contributed by atoms with E-state index < -0.39 is 0 Å². The zero-order chi connectivity index (χ0) is 17.2. The number of rotatable bonds is 3. The summed E-state index contributed by atoms with van der Waals surface area (Å²) in [4.78, 5) is 14.0. The maximum atomic E-state index is 6.29. The van der Waals surface area contributed by atoms with Crippen molar-refractivity contribution in [2.24, 2.45) is 0 Å². The normalized spacial score (nSPS) is 21.2. The Kier molecular flexibility index (Phi) is 4.88. The largest absolute Gasteiger partial charge is 0.354 e. The Bertz CT molecular complexity index is 730. The lowest BCUT2D eigenvalue weighted by atomic mass is 9.98. The third kappa shape index (κ3) is 3.50. The highest BCUT2D eigenvalue weighted by molar-refractivity contribution is 6.28. The van der Waals surface area contributed by atoms with Gasteiger partial charge in [-0.15, -0.1) is 0 Å². The van der Waals surface area contributed by atoms with Crippen LogP contribution < -0.4 is 10.2 Å². The third-order valence-electron chi connectivity index (χ3n) is 5.23. The number of nitrogens with one attached hydrogen (secondary N) is 1. The third-order valence-corrected chi connectivity index (χ3v) is 5.40. The van der Waals surface area contributed by atoms with E-state index in [1.54, 1.807) is 0 Å². The first-order valence-corrected chi connectivity index (χ1v) is 9.40. The summed E-state index contributed by atoms with van der Waals surface area (Å²) >= 11 is 6.29. The molecule has 25 heavy (non-hydrogen) atoms. The monoisotopic (exact) mass is 357 g/mol. The molecule has 0 spiro atoms. The molecule has 1 unspecified atom stereocenters. The molecule has 1 fully saturated rings. The van der Waals surface area contributed by atoms with Crippen LogP contribution in [-0.2, 0) is 13.0 Å². The van der Waals surface area contributed by atoms with E-state index in [-0.39, 0.29) is 6.04 Å². The van der Waals surface area contributed by atoms with Gasteiger partial charge in [0, 0.05) is 44.8 Å². The minimum Gasteiger partial charge on any atom is -0.354 e. The van der Waals surface area contributed by atoms with Crippen molar-refractivity contribution in [1.82, 2.24) is 20.2 Å². The molecular formula is C19H24ClN5. The highest BCUT2D eigenvalue weighted by atomic mass is 35.5. The van der Waals surface area contributed by atoms with Crippen LogP contribution in [0.5, 0.6) is 0 Å². The van der Waals surface area contributed by atoms with Gasteiger partial charge in [0.1, 0.15) is 5.82 Å². The van der Waals surface area contributed by atoms with E-state index in [9.17, 15) is 0 Å². The average Bonchev–Trinajstić information content (AvgIpc) is 2.65. The number of halogens is 1. The van der Waals surface area contributed by atoms with Crippen molar-refractivity contribution < 1.29 is 0 Å². The number of hydrogen-bond donors (Lipinski definition) is 1. The van der Waals surface area contributed by atoms with Gasteiger partial charge in [-0.25, -0.2) is 9.97 Å². The molecule has 4 rings (SSSR count). The van der Waals surface area contributed by atoms with E-state index >= 15 is 0 Å². The number of anilines is 1. The standard InChI is InChI=1S/C19H24ClN5/c1-14-17-16(7-10-25(14)13-15-5-3-2-4-6-15)18(23-19(20)22-17)24-11-8-21-9-12-24/h2-6,14,21H,7-13H2,1H3. The van der Waals surface area contributed by atoms with Crippen molar-refractivity contribution in [3.05, 3.63) is 52.4 Å². The predicted molar refractivity (Wildman–Crippen MR) is 101 cm³/mol. The minimum atomic E-state index is 0.242. The van der Waals surface area contributed by atoms with Crippen LogP contribution in [0.4, 0.5) is 5.82 Å². The highest BCUT2D eigenvalue weighted by Gasteiger charge is 2.30. The molecule has 1 aromatic carbocycles. The van der Waals surface area contributed by atoms with Gasteiger partial charge in [-0.3, -0.25) is 4.90 Å². The first-order valence-electron chi connectivity index (χ1n) is 9.02. The second-order valence-electron chi connectivity index (χ2n) is 6.80. The van der Waals surface area contributed by atoms with Crippen LogP contribution in [0.2, 0.25) is 5.28 Å². The van der Waals surface area contributed by atoms with Crippen LogP contribution in [0.3, 0.4) is 0 Å². The van der Waals surface area contributed by atoms with Gasteiger partial charge in [0.2, 0.25) is 5.28 Å². The Balaban J connectivity index is 1.62. The molecule has 2 aliphatic rings.